The van der Waals surface area contributed by atoms with Gasteiger partial charge in [-0.05, 0) is 12.1 Å². The van der Waals surface area contributed by atoms with Gasteiger partial charge in [-0.25, -0.2) is 9.78 Å². The van der Waals surface area contributed by atoms with Crippen LogP contribution in [0, 0.1) is 0 Å². The summed E-state index contributed by atoms with van der Waals surface area (Å²) < 4.78 is 0. The van der Waals surface area contributed by atoms with Crippen LogP contribution in [0.5, 0.6) is 0 Å². The number of carboxylic acids is 1. The highest BCUT2D eigenvalue weighted by atomic mass is 35.5. The number of aromatic carboxylic acids is 1. The van der Waals surface area contributed by atoms with Gasteiger partial charge >= 0.3 is 5.97 Å². The van der Waals surface area contributed by atoms with E-state index in [0.717, 1.165) is 5.69 Å². The van der Waals surface area contributed by atoms with E-state index >= 15 is 0 Å². The van der Waals surface area contributed by atoms with Crippen LogP contribution < -0.4 is 5.32 Å². The van der Waals surface area contributed by atoms with E-state index in [1.807, 2.05) is 5.38 Å². The summed E-state index contributed by atoms with van der Waals surface area (Å²) in [6.07, 6.45) is 0. The lowest BCUT2D eigenvalue weighted by molar-refractivity contribution is 0.0698. The lowest BCUT2D eigenvalue weighted by atomic mass is 10.1. The molecule has 0 fully saturated rings. The molecule has 4 nitrogen and oxygen atoms in total. The zero-order valence-corrected chi connectivity index (χ0v) is 10.3. The van der Waals surface area contributed by atoms with Crippen LogP contribution in [0.4, 0.5) is 5.69 Å². The second kappa shape index (κ2) is 5.16. The first-order chi connectivity index (χ1) is 8.18. The van der Waals surface area contributed by atoms with Crippen molar-refractivity contribution in [3.05, 3.63) is 45.4 Å². The van der Waals surface area contributed by atoms with Gasteiger partial charge in [-0.15, -0.1) is 11.3 Å². The van der Waals surface area contributed by atoms with E-state index in [-0.39, 0.29) is 10.6 Å². The van der Waals surface area contributed by atoms with Gasteiger partial charge in [0.1, 0.15) is 5.56 Å². The molecule has 0 amide bonds. The first-order valence-corrected chi connectivity index (χ1v) is 6.13. The number of carboxylic acid groups (broad SMARTS) is 1. The van der Waals surface area contributed by atoms with E-state index in [2.05, 4.69) is 10.3 Å². The van der Waals surface area contributed by atoms with Gasteiger partial charge in [-0.2, -0.15) is 0 Å². The van der Waals surface area contributed by atoms with Gasteiger partial charge in [0.05, 0.1) is 28.5 Å². The number of rotatable bonds is 4. The molecule has 0 aliphatic heterocycles. The van der Waals surface area contributed by atoms with Crippen LogP contribution in [-0.2, 0) is 6.54 Å². The van der Waals surface area contributed by atoms with Gasteiger partial charge in [0, 0.05) is 5.38 Å². The molecular formula is C11H9ClN2O2S. The molecule has 0 spiro atoms. The molecule has 0 atom stereocenters. The van der Waals surface area contributed by atoms with Crippen LogP contribution in [0.2, 0.25) is 5.02 Å². The molecule has 2 rings (SSSR count). The maximum atomic E-state index is 11.1. The van der Waals surface area contributed by atoms with Crippen LogP contribution in [0.3, 0.4) is 0 Å². The van der Waals surface area contributed by atoms with Crippen molar-refractivity contribution in [3.63, 3.8) is 0 Å². The first kappa shape index (κ1) is 11.9. The molecule has 1 aromatic carbocycles. The van der Waals surface area contributed by atoms with Crippen molar-refractivity contribution in [3.8, 4) is 0 Å². The average molecular weight is 269 g/mol. The van der Waals surface area contributed by atoms with E-state index < -0.39 is 5.97 Å². The molecule has 17 heavy (non-hydrogen) atoms. The maximum absolute atomic E-state index is 11.1. The predicted molar refractivity (Wildman–Crippen MR) is 67.9 cm³/mol. The minimum atomic E-state index is -1.05. The normalized spacial score (nSPS) is 10.2. The summed E-state index contributed by atoms with van der Waals surface area (Å²) in [6, 6.07) is 4.94. The fraction of sp³-hybridized carbons (Fsp3) is 0.0909. The molecule has 88 valence electrons. The Bertz CT molecular complexity index is 528. The topological polar surface area (TPSA) is 62.2 Å². The summed E-state index contributed by atoms with van der Waals surface area (Å²) in [4.78, 5) is 15.2. The Morgan fingerprint density at radius 3 is 3.00 bits per heavy atom. The third-order valence-corrected chi connectivity index (χ3v) is 3.12. The van der Waals surface area contributed by atoms with E-state index in [1.165, 1.54) is 11.3 Å². The molecule has 2 N–H and O–H groups in total. The van der Waals surface area contributed by atoms with Gasteiger partial charge in [0.25, 0.3) is 0 Å². The smallest absolute Gasteiger partial charge is 0.339 e. The fourth-order valence-corrected chi connectivity index (χ4v) is 2.21. The van der Waals surface area contributed by atoms with E-state index in [1.54, 1.807) is 23.7 Å². The van der Waals surface area contributed by atoms with Crippen LogP contribution >= 0.6 is 22.9 Å². The molecule has 0 saturated carbocycles. The number of hydrogen-bond donors (Lipinski definition) is 2. The Kier molecular flexibility index (Phi) is 3.61. The Morgan fingerprint density at radius 1 is 1.53 bits per heavy atom. The van der Waals surface area contributed by atoms with Crippen LogP contribution in [0.15, 0.2) is 29.1 Å². The van der Waals surface area contributed by atoms with Gasteiger partial charge in [-0.3, -0.25) is 0 Å². The molecule has 0 bridgehead atoms. The van der Waals surface area contributed by atoms with E-state index in [9.17, 15) is 4.79 Å². The van der Waals surface area contributed by atoms with Gasteiger partial charge in [0.15, 0.2) is 0 Å². The molecule has 0 unspecified atom stereocenters. The Hall–Kier alpha value is -1.59. The van der Waals surface area contributed by atoms with Crippen molar-refractivity contribution < 1.29 is 9.90 Å². The lowest BCUT2D eigenvalue weighted by Gasteiger charge is -2.09. The van der Waals surface area contributed by atoms with Crippen molar-refractivity contribution in [2.75, 3.05) is 5.32 Å². The first-order valence-electron chi connectivity index (χ1n) is 4.81. The minimum Gasteiger partial charge on any atom is -0.478 e. The molecular weight excluding hydrogens is 260 g/mol. The average Bonchev–Trinajstić information content (AvgIpc) is 2.78. The molecule has 6 heteroatoms. The largest absolute Gasteiger partial charge is 0.478 e. The second-order valence-electron chi connectivity index (χ2n) is 3.30. The van der Waals surface area contributed by atoms with E-state index in [0.29, 0.717) is 12.2 Å². The number of aromatic nitrogens is 1. The summed E-state index contributed by atoms with van der Waals surface area (Å²) in [6.45, 7) is 0.476. The van der Waals surface area contributed by atoms with Crippen LogP contribution in [-0.4, -0.2) is 16.1 Å². The minimum absolute atomic E-state index is 0.0874. The monoisotopic (exact) mass is 268 g/mol. The third-order valence-electron chi connectivity index (χ3n) is 2.17. The predicted octanol–water partition coefficient (Wildman–Crippen LogP) is 3.11. The number of carbonyl (C=O) groups is 1. The number of thiazole rings is 1. The molecule has 2 aromatic rings. The summed E-state index contributed by atoms with van der Waals surface area (Å²) >= 11 is 7.35. The highest BCUT2D eigenvalue weighted by Crippen LogP contribution is 2.24. The van der Waals surface area contributed by atoms with Gasteiger partial charge < -0.3 is 10.4 Å². The number of anilines is 1. The second-order valence-corrected chi connectivity index (χ2v) is 4.43. The summed E-state index contributed by atoms with van der Waals surface area (Å²) in [7, 11) is 0. The fourth-order valence-electron chi connectivity index (χ4n) is 1.40. The molecule has 1 aromatic heterocycles. The maximum Gasteiger partial charge on any atom is 0.339 e. The SMILES string of the molecule is O=C(O)c1c(Cl)cccc1NCc1cscn1. The lowest BCUT2D eigenvalue weighted by Crippen LogP contribution is -2.07. The molecule has 0 aliphatic rings. The number of hydrogen-bond acceptors (Lipinski definition) is 4. The van der Waals surface area contributed by atoms with Crippen molar-refractivity contribution in [1.29, 1.82) is 0 Å². The Morgan fingerprint density at radius 2 is 2.35 bits per heavy atom. The van der Waals surface area contributed by atoms with Crippen molar-refractivity contribution in [1.82, 2.24) is 4.98 Å². The van der Waals surface area contributed by atoms with Crippen molar-refractivity contribution in [2.24, 2.45) is 0 Å². The molecule has 0 saturated heterocycles. The summed E-state index contributed by atoms with van der Waals surface area (Å²) in [5, 5.41) is 14.2. The molecule has 0 radical (unpaired) electrons. The summed E-state index contributed by atoms with van der Waals surface area (Å²) in [5.41, 5.74) is 3.18. The standard InChI is InChI=1S/C11H9ClN2O2S/c12-8-2-1-3-9(10(8)11(15)16)13-4-7-5-17-6-14-7/h1-3,5-6,13H,4H2,(H,15,16). The van der Waals surface area contributed by atoms with Crippen molar-refractivity contribution >= 4 is 34.6 Å². The number of benzene rings is 1. The van der Waals surface area contributed by atoms with Crippen LogP contribution in [0.25, 0.3) is 0 Å². The van der Waals surface area contributed by atoms with Gasteiger partial charge in [-0.1, -0.05) is 17.7 Å². The Balaban J connectivity index is 2.21. The number of halogens is 1. The molecule has 0 aliphatic carbocycles. The highest BCUT2D eigenvalue weighted by molar-refractivity contribution is 7.07. The Labute approximate surface area is 107 Å². The van der Waals surface area contributed by atoms with E-state index in [4.69, 9.17) is 16.7 Å². The van der Waals surface area contributed by atoms with Crippen LogP contribution in [0.1, 0.15) is 16.1 Å². The number of nitrogens with one attached hydrogen (secondary N) is 1. The zero-order valence-electron chi connectivity index (χ0n) is 8.68. The quantitative estimate of drug-likeness (QED) is 0.894. The number of nitrogens with zero attached hydrogens (tertiary/aromatic N) is 1. The molecule has 1 heterocycles. The zero-order chi connectivity index (χ0) is 12.3. The van der Waals surface area contributed by atoms with Crippen molar-refractivity contribution in [2.45, 2.75) is 6.54 Å². The van der Waals surface area contributed by atoms with Gasteiger partial charge in [0.2, 0.25) is 0 Å². The third kappa shape index (κ3) is 2.75. The summed E-state index contributed by atoms with van der Waals surface area (Å²) in [5.74, 6) is -1.05. The highest BCUT2D eigenvalue weighted by Gasteiger charge is 2.13.